The van der Waals surface area contributed by atoms with E-state index < -0.39 is 0 Å². The largest absolute Gasteiger partial charge is 0.374 e. The first-order valence-corrected chi connectivity index (χ1v) is 5.29. The Hall–Kier alpha value is -0.0500. The van der Waals surface area contributed by atoms with Gasteiger partial charge in [0.2, 0.25) is 0 Å². The number of halogens is 1. The molecule has 3 heteroatoms. The van der Waals surface area contributed by atoms with Crippen LogP contribution in [0.4, 0.5) is 0 Å². The van der Waals surface area contributed by atoms with Crippen LogP contribution < -0.4 is 0 Å². The van der Waals surface area contributed by atoms with Crippen LogP contribution in [0.25, 0.3) is 0 Å². The minimum Gasteiger partial charge on any atom is -0.374 e. The molecule has 0 aromatic rings. The summed E-state index contributed by atoms with van der Waals surface area (Å²) in [4.78, 5) is 2.38. The zero-order valence-electron chi connectivity index (χ0n) is 8.42. The molecule has 0 aliphatic carbocycles. The molecule has 1 rings (SSSR count). The standard InChI is InChI=1S/C10H18ClNO/c1-9(2)3-4-12-5-6-13-10(7-11)8-12/h3,10H,4-8H2,1-2H3. The van der Waals surface area contributed by atoms with Crippen molar-refractivity contribution in [2.24, 2.45) is 0 Å². The summed E-state index contributed by atoms with van der Waals surface area (Å²) in [5.74, 6) is 0.603. The predicted molar refractivity (Wildman–Crippen MR) is 56.3 cm³/mol. The van der Waals surface area contributed by atoms with Gasteiger partial charge in [0.25, 0.3) is 0 Å². The second-order valence-corrected chi connectivity index (χ2v) is 4.00. The fourth-order valence-corrected chi connectivity index (χ4v) is 1.54. The van der Waals surface area contributed by atoms with Crippen LogP contribution in [0.2, 0.25) is 0 Å². The Kier molecular flexibility index (Phi) is 4.78. The maximum atomic E-state index is 5.74. The van der Waals surface area contributed by atoms with E-state index in [0.29, 0.717) is 5.88 Å². The lowest BCUT2D eigenvalue weighted by molar-refractivity contribution is -0.0122. The Bertz CT molecular complexity index is 178. The molecule has 1 aliphatic rings. The van der Waals surface area contributed by atoms with Crippen LogP contribution in [0.15, 0.2) is 11.6 Å². The Labute approximate surface area is 85.5 Å². The average molecular weight is 204 g/mol. The molecule has 0 saturated carbocycles. The topological polar surface area (TPSA) is 12.5 Å². The van der Waals surface area contributed by atoms with Crippen molar-refractivity contribution in [3.8, 4) is 0 Å². The highest BCUT2D eigenvalue weighted by atomic mass is 35.5. The Morgan fingerprint density at radius 1 is 1.62 bits per heavy atom. The molecule has 1 unspecified atom stereocenters. The Morgan fingerprint density at radius 2 is 2.38 bits per heavy atom. The number of morpholine rings is 1. The number of allylic oxidation sites excluding steroid dienone is 1. The third-order valence-corrected chi connectivity index (χ3v) is 2.50. The fraction of sp³-hybridized carbons (Fsp3) is 0.800. The van der Waals surface area contributed by atoms with Gasteiger partial charge in [0.15, 0.2) is 0 Å². The van der Waals surface area contributed by atoms with Gasteiger partial charge in [0.1, 0.15) is 0 Å². The highest BCUT2D eigenvalue weighted by Gasteiger charge is 2.18. The number of hydrogen-bond donors (Lipinski definition) is 0. The van der Waals surface area contributed by atoms with Crippen LogP contribution in [0.5, 0.6) is 0 Å². The van der Waals surface area contributed by atoms with Gasteiger partial charge in [0, 0.05) is 25.5 Å². The van der Waals surface area contributed by atoms with Gasteiger partial charge in [-0.25, -0.2) is 0 Å². The van der Waals surface area contributed by atoms with Crippen molar-refractivity contribution in [3.63, 3.8) is 0 Å². The maximum Gasteiger partial charge on any atom is 0.0837 e. The van der Waals surface area contributed by atoms with Gasteiger partial charge < -0.3 is 4.74 Å². The van der Waals surface area contributed by atoms with Crippen molar-refractivity contribution in [1.82, 2.24) is 4.90 Å². The van der Waals surface area contributed by atoms with Crippen LogP contribution >= 0.6 is 11.6 Å². The zero-order valence-corrected chi connectivity index (χ0v) is 9.18. The monoisotopic (exact) mass is 203 g/mol. The van der Waals surface area contributed by atoms with E-state index in [2.05, 4.69) is 24.8 Å². The molecule has 0 radical (unpaired) electrons. The smallest absolute Gasteiger partial charge is 0.0837 e. The van der Waals surface area contributed by atoms with Crippen molar-refractivity contribution in [2.45, 2.75) is 20.0 Å². The molecule has 0 spiro atoms. The summed E-state index contributed by atoms with van der Waals surface area (Å²) in [6.45, 7) is 8.08. The van der Waals surface area contributed by atoms with Gasteiger partial charge in [0.05, 0.1) is 12.7 Å². The second-order valence-electron chi connectivity index (χ2n) is 3.69. The summed E-state index contributed by atoms with van der Waals surface area (Å²) in [7, 11) is 0. The minimum atomic E-state index is 0.223. The summed E-state index contributed by atoms with van der Waals surface area (Å²) in [6.07, 6.45) is 2.47. The summed E-state index contributed by atoms with van der Waals surface area (Å²) >= 11 is 5.74. The highest BCUT2D eigenvalue weighted by Crippen LogP contribution is 2.06. The molecule has 0 amide bonds. The molecule has 0 N–H and O–H groups in total. The SMILES string of the molecule is CC(C)=CCN1CCOC(CCl)C1. The number of hydrogen-bond acceptors (Lipinski definition) is 2. The molecule has 0 bridgehead atoms. The van der Waals surface area contributed by atoms with Crippen LogP contribution in [-0.2, 0) is 4.74 Å². The van der Waals surface area contributed by atoms with Gasteiger partial charge in [-0.1, -0.05) is 11.6 Å². The quantitative estimate of drug-likeness (QED) is 0.513. The zero-order chi connectivity index (χ0) is 9.68. The van der Waals surface area contributed by atoms with Gasteiger partial charge in [-0.15, -0.1) is 11.6 Å². The van der Waals surface area contributed by atoms with Gasteiger partial charge in [-0.05, 0) is 13.8 Å². The first-order valence-electron chi connectivity index (χ1n) is 4.75. The van der Waals surface area contributed by atoms with Crippen LogP contribution in [0.3, 0.4) is 0 Å². The molecule has 1 fully saturated rings. The number of rotatable bonds is 3. The molecule has 1 atom stereocenters. The van der Waals surface area contributed by atoms with E-state index in [0.717, 1.165) is 26.2 Å². The summed E-state index contributed by atoms with van der Waals surface area (Å²) in [5, 5.41) is 0. The summed E-state index contributed by atoms with van der Waals surface area (Å²) < 4.78 is 5.47. The van der Waals surface area contributed by atoms with Gasteiger partial charge >= 0.3 is 0 Å². The van der Waals surface area contributed by atoms with E-state index in [-0.39, 0.29) is 6.10 Å². The fourth-order valence-electron chi connectivity index (χ4n) is 1.35. The lowest BCUT2D eigenvalue weighted by Crippen LogP contribution is -2.43. The minimum absolute atomic E-state index is 0.223. The molecule has 2 nitrogen and oxygen atoms in total. The number of alkyl halides is 1. The first kappa shape index (κ1) is 11.0. The predicted octanol–water partition coefficient (Wildman–Crippen LogP) is 1.89. The van der Waals surface area contributed by atoms with Crippen LogP contribution in [0.1, 0.15) is 13.8 Å². The van der Waals surface area contributed by atoms with E-state index in [1.807, 2.05) is 0 Å². The average Bonchev–Trinajstić information content (AvgIpc) is 2.15. The van der Waals surface area contributed by atoms with Crippen molar-refractivity contribution in [2.75, 3.05) is 32.1 Å². The van der Waals surface area contributed by atoms with E-state index >= 15 is 0 Å². The molecule has 0 aromatic carbocycles. The Morgan fingerprint density at radius 3 is 3.00 bits per heavy atom. The second kappa shape index (κ2) is 5.63. The van der Waals surface area contributed by atoms with E-state index in [1.165, 1.54) is 5.57 Å². The van der Waals surface area contributed by atoms with Crippen molar-refractivity contribution in [1.29, 1.82) is 0 Å². The van der Waals surface area contributed by atoms with Gasteiger partial charge in [-0.3, -0.25) is 4.90 Å². The molecule has 76 valence electrons. The third-order valence-electron chi connectivity index (χ3n) is 2.15. The van der Waals surface area contributed by atoms with Crippen LogP contribution in [-0.4, -0.2) is 43.1 Å². The molecule has 13 heavy (non-hydrogen) atoms. The normalized spacial score (nSPS) is 24.4. The number of ether oxygens (including phenoxy) is 1. The first-order chi connectivity index (χ1) is 6.22. The summed E-state index contributed by atoms with van der Waals surface area (Å²) in [6, 6.07) is 0. The van der Waals surface area contributed by atoms with E-state index in [9.17, 15) is 0 Å². The van der Waals surface area contributed by atoms with E-state index in [4.69, 9.17) is 16.3 Å². The van der Waals surface area contributed by atoms with Crippen molar-refractivity contribution < 1.29 is 4.74 Å². The lowest BCUT2D eigenvalue weighted by Gasteiger charge is -2.31. The number of nitrogens with zero attached hydrogens (tertiary/aromatic N) is 1. The van der Waals surface area contributed by atoms with Crippen molar-refractivity contribution in [3.05, 3.63) is 11.6 Å². The third kappa shape index (κ3) is 4.12. The van der Waals surface area contributed by atoms with Crippen molar-refractivity contribution >= 4 is 11.6 Å². The molecule has 0 aromatic heterocycles. The highest BCUT2D eigenvalue weighted by molar-refractivity contribution is 6.18. The molecular weight excluding hydrogens is 186 g/mol. The van der Waals surface area contributed by atoms with Gasteiger partial charge in [-0.2, -0.15) is 0 Å². The van der Waals surface area contributed by atoms with E-state index in [1.54, 1.807) is 0 Å². The molecule has 1 heterocycles. The Balaban J connectivity index is 2.30. The molecular formula is C10H18ClNO. The van der Waals surface area contributed by atoms with Crippen LogP contribution in [0, 0.1) is 0 Å². The summed E-state index contributed by atoms with van der Waals surface area (Å²) in [5.41, 5.74) is 1.37. The molecule has 1 aliphatic heterocycles. The lowest BCUT2D eigenvalue weighted by atomic mass is 10.2. The molecule has 1 saturated heterocycles. The maximum absolute atomic E-state index is 5.74.